The molecule has 0 radical (unpaired) electrons. The summed E-state index contributed by atoms with van der Waals surface area (Å²) in [5.74, 6) is -1.02. The van der Waals surface area contributed by atoms with Crippen LogP contribution in [0.2, 0.25) is 0 Å². The Balaban J connectivity index is 1.27. The van der Waals surface area contributed by atoms with Crippen LogP contribution in [-0.4, -0.2) is 40.4 Å². The highest BCUT2D eigenvalue weighted by molar-refractivity contribution is 7.96. The molecule has 2 N–H and O–H groups in total. The van der Waals surface area contributed by atoms with E-state index in [-0.39, 0.29) is 28.8 Å². The maximum absolute atomic E-state index is 14.3. The first-order chi connectivity index (χ1) is 16.8. The Labute approximate surface area is 202 Å². The molecule has 1 aliphatic rings. The minimum Gasteiger partial charge on any atom is -0.496 e. The van der Waals surface area contributed by atoms with Crippen molar-refractivity contribution in [2.24, 2.45) is 0 Å². The van der Waals surface area contributed by atoms with E-state index in [2.05, 4.69) is 10.6 Å². The van der Waals surface area contributed by atoms with Gasteiger partial charge in [0.05, 0.1) is 17.6 Å². The van der Waals surface area contributed by atoms with Crippen molar-refractivity contribution in [1.82, 2.24) is 10.6 Å². The molecule has 0 unspecified atom stereocenters. The summed E-state index contributed by atoms with van der Waals surface area (Å²) in [6.45, 7) is 0.461. The van der Waals surface area contributed by atoms with Gasteiger partial charge in [-0.05, 0) is 54.0 Å². The third-order valence-electron chi connectivity index (χ3n) is 5.56. The molecule has 35 heavy (non-hydrogen) atoms. The van der Waals surface area contributed by atoms with Crippen LogP contribution in [0.15, 0.2) is 76.5 Å². The molecule has 0 fully saturated rings. The van der Waals surface area contributed by atoms with Gasteiger partial charge >= 0.3 is 0 Å². The fourth-order valence-electron chi connectivity index (χ4n) is 3.79. The molecule has 4 rings (SSSR count). The zero-order valence-corrected chi connectivity index (χ0v) is 19.7. The Bertz CT molecular complexity index is 1420. The first-order valence-electron chi connectivity index (χ1n) is 10.9. The fourth-order valence-corrected chi connectivity index (χ4v) is 5.32. The zero-order valence-electron chi connectivity index (χ0n) is 18.9. The van der Waals surface area contributed by atoms with Crippen LogP contribution in [-0.2, 0) is 14.6 Å². The first kappa shape index (κ1) is 24.2. The number of methoxy groups -OCH3 is 1. The second kappa shape index (κ2) is 10.1. The van der Waals surface area contributed by atoms with Gasteiger partial charge in [0.2, 0.25) is 9.84 Å². The molecule has 0 saturated heterocycles. The zero-order chi connectivity index (χ0) is 25.0. The van der Waals surface area contributed by atoms with Crippen molar-refractivity contribution in [3.05, 3.63) is 88.6 Å². The summed E-state index contributed by atoms with van der Waals surface area (Å²) in [4.78, 5) is 24.6. The van der Waals surface area contributed by atoms with E-state index < -0.39 is 21.6 Å². The number of rotatable bonds is 8. The topological polar surface area (TPSA) is 102 Å². The van der Waals surface area contributed by atoms with Gasteiger partial charge in [-0.2, -0.15) is 0 Å². The van der Waals surface area contributed by atoms with Crippen molar-refractivity contribution in [1.29, 1.82) is 0 Å². The van der Waals surface area contributed by atoms with Gasteiger partial charge in [-0.1, -0.05) is 36.4 Å². The normalized spacial score (nSPS) is 13.5. The second-order valence-corrected chi connectivity index (χ2v) is 9.70. The van der Waals surface area contributed by atoms with Crippen LogP contribution < -0.4 is 15.4 Å². The average molecular weight is 495 g/mol. The Morgan fingerprint density at radius 1 is 0.886 bits per heavy atom. The molecular weight excluding hydrogens is 471 g/mol. The van der Waals surface area contributed by atoms with Crippen molar-refractivity contribution >= 4 is 27.7 Å². The van der Waals surface area contributed by atoms with Crippen LogP contribution in [0, 0.1) is 5.82 Å². The molecule has 180 valence electrons. The van der Waals surface area contributed by atoms with Gasteiger partial charge < -0.3 is 15.4 Å². The van der Waals surface area contributed by atoms with Crippen LogP contribution >= 0.6 is 0 Å². The van der Waals surface area contributed by atoms with Gasteiger partial charge in [-0.25, -0.2) is 12.8 Å². The SMILES string of the molecule is COc1cccc(F)c1-c1ccc(C(=O)NCCCNC(=O)C2=Cc3ccccc3S2(=O)=O)cc1. The minimum absolute atomic E-state index is 0.122. The lowest BCUT2D eigenvalue weighted by molar-refractivity contribution is -0.116. The second-order valence-electron chi connectivity index (χ2n) is 7.81. The summed E-state index contributed by atoms with van der Waals surface area (Å²) >= 11 is 0. The first-order valence-corrected chi connectivity index (χ1v) is 12.4. The van der Waals surface area contributed by atoms with E-state index in [1.54, 1.807) is 54.6 Å². The number of benzene rings is 3. The number of carbonyl (C=O) groups is 2. The number of amides is 2. The van der Waals surface area contributed by atoms with Crippen LogP contribution in [0.3, 0.4) is 0 Å². The highest BCUT2D eigenvalue weighted by atomic mass is 32.2. The third-order valence-corrected chi connectivity index (χ3v) is 7.40. The smallest absolute Gasteiger partial charge is 0.263 e. The summed E-state index contributed by atoms with van der Waals surface area (Å²) in [5.41, 5.74) is 1.79. The van der Waals surface area contributed by atoms with Crippen LogP contribution in [0.1, 0.15) is 22.3 Å². The summed E-state index contributed by atoms with van der Waals surface area (Å²) in [7, 11) is -2.36. The number of carbonyl (C=O) groups excluding carboxylic acids is 2. The lowest BCUT2D eigenvalue weighted by Gasteiger charge is -2.11. The van der Waals surface area contributed by atoms with Crippen LogP contribution in [0.4, 0.5) is 4.39 Å². The molecule has 2 amide bonds. The monoisotopic (exact) mass is 494 g/mol. The molecule has 1 heterocycles. The largest absolute Gasteiger partial charge is 0.496 e. The van der Waals surface area contributed by atoms with E-state index in [0.29, 0.717) is 34.4 Å². The van der Waals surface area contributed by atoms with Gasteiger partial charge in [0.15, 0.2) is 0 Å². The van der Waals surface area contributed by atoms with E-state index in [0.717, 1.165) is 0 Å². The third kappa shape index (κ3) is 4.95. The van der Waals surface area contributed by atoms with Crippen molar-refractivity contribution < 1.29 is 27.1 Å². The van der Waals surface area contributed by atoms with Gasteiger partial charge in [-0.3, -0.25) is 9.59 Å². The van der Waals surface area contributed by atoms with Gasteiger partial charge in [0, 0.05) is 18.7 Å². The molecule has 9 heteroatoms. The molecule has 0 saturated carbocycles. The summed E-state index contributed by atoms with van der Waals surface area (Å²) in [5, 5.41) is 5.33. The van der Waals surface area contributed by atoms with Crippen LogP contribution in [0.5, 0.6) is 5.75 Å². The predicted molar refractivity (Wildman–Crippen MR) is 130 cm³/mol. The number of sulfone groups is 1. The minimum atomic E-state index is -3.82. The molecular formula is C26H23FN2O5S. The predicted octanol–water partition coefficient (Wildman–Crippen LogP) is 3.57. The maximum Gasteiger partial charge on any atom is 0.263 e. The Kier molecular flexibility index (Phi) is 6.97. The van der Waals surface area contributed by atoms with Gasteiger partial charge in [0.1, 0.15) is 16.5 Å². The number of hydrogen-bond donors (Lipinski definition) is 2. The highest BCUT2D eigenvalue weighted by Crippen LogP contribution is 2.33. The standard InChI is InChI=1S/C26H23FN2O5S/c1-34-21-8-4-7-20(27)24(21)17-10-12-18(13-11-17)25(30)28-14-5-15-29-26(31)23-16-19-6-2-3-9-22(19)35(23,32)33/h2-4,6-13,16H,5,14-15H2,1H3,(H,28,30)(H,29,31). The summed E-state index contributed by atoms with van der Waals surface area (Å²) in [6, 6.07) is 17.5. The Hall–Kier alpha value is -3.98. The lowest BCUT2D eigenvalue weighted by atomic mass is 10.0. The Morgan fingerprint density at radius 2 is 1.57 bits per heavy atom. The lowest BCUT2D eigenvalue weighted by Crippen LogP contribution is -2.31. The van der Waals surface area contributed by atoms with Gasteiger partial charge in [0.25, 0.3) is 11.8 Å². The molecule has 3 aromatic carbocycles. The van der Waals surface area contributed by atoms with E-state index in [1.807, 2.05) is 0 Å². The summed E-state index contributed by atoms with van der Waals surface area (Å²) < 4.78 is 44.5. The quantitative estimate of drug-likeness (QED) is 0.467. The number of halogens is 1. The van der Waals surface area contributed by atoms with Crippen molar-refractivity contribution in [3.63, 3.8) is 0 Å². The molecule has 0 aliphatic carbocycles. The van der Waals surface area contributed by atoms with E-state index in [9.17, 15) is 22.4 Å². The van der Waals surface area contributed by atoms with Crippen molar-refractivity contribution in [3.8, 4) is 16.9 Å². The average Bonchev–Trinajstić information content (AvgIpc) is 3.14. The van der Waals surface area contributed by atoms with Crippen molar-refractivity contribution in [2.45, 2.75) is 11.3 Å². The molecule has 3 aromatic rings. The molecule has 0 bridgehead atoms. The number of fused-ring (bicyclic) bond motifs is 1. The van der Waals surface area contributed by atoms with E-state index >= 15 is 0 Å². The Morgan fingerprint density at radius 3 is 2.26 bits per heavy atom. The summed E-state index contributed by atoms with van der Waals surface area (Å²) in [6.07, 6.45) is 1.77. The van der Waals surface area contributed by atoms with E-state index in [4.69, 9.17) is 4.74 Å². The molecule has 0 atom stereocenters. The molecule has 0 aromatic heterocycles. The van der Waals surface area contributed by atoms with Crippen molar-refractivity contribution in [2.75, 3.05) is 20.2 Å². The maximum atomic E-state index is 14.3. The fraction of sp³-hybridized carbons (Fsp3) is 0.154. The van der Waals surface area contributed by atoms with E-state index in [1.165, 1.54) is 25.3 Å². The highest BCUT2D eigenvalue weighted by Gasteiger charge is 2.33. The number of ether oxygens (including phenoxy) is 1. The molecule has 1 aliphatic heterocycles. The number of nitrogens with one attached hydrogen (secondary N) is 2. The van der Waals surface area contributed by atoms with Gasteiger partial charge in [-0.15, -0.1) is 0 Å². The molecule has 7 nitrogen and oxygen atoms in total. The molecule has 0 spiro atoms. The number of hydrogen-bond acceptors (Lipinski definition) is 5. The van der Waals surface area contributed by atoms with Crippen LogP contribution in [0.25, 0.3) is 17.2 Å².